The van der Waals surface area contributed by atoms with Gasteiger partial charge in [0.1, 0.15) is 11.4 Å². The van der Waals surface area contributed by atoms with Gasteiger partial charge in [-0.05, 0) is 33.8 Å². The minimum Gasteiger partial charge on any atom is -0.504 e. The van der Waals surface area contributed by atoms with Gasteiger partial charge in [0.15, 0.2) is 5.75 Å². The standard InChI is InChI=1S/C12H18BFN2O3/c1-11(2)12(3,4)19-13(18-11)10(14)6-8-9(17)7-15-16(8)5/h6-7,17H,1-5H3. The molecule has 7 heteroatoms. The summed E-state index contributed by atoms with van der Waals surface area (Å²) in [5, 5.41) is 13.4. The van der Waals surface area contributed by atoms with Crippen LogP contribution in [0.15, 0.2) is 11.9 Å². The molecule has 0 atom stereocenters. The summed E-state index contributed by atoms with van der Waals surface area (Å²) in [6.07, 6.45) is 2.42. The summed E-state index contributed by atoms with van der Waals surface area (Å²) in [5.74, 6) is -0.0887. The zero-order valence-corrected chi connectivity index (χ0v) is 11.8. The Kier molecular flexibility index (Phi) is 3.22. The monoisotopic (exact) mass is 268 g/mol. The lowest BCUT2D eigenvalue weighted by molar-refractivity contribution is 0.00578. The second kappa shape index (κ2) is 4.35. The summed E-state index contributed by atoms with van der Waals surface area (Å²) in [7, 11) is 0.544. The molecule has 0 radical (unpaired) electrons. The third-order valence-electron chi connectivity index (χ3n) is 3.72. The number of rotatable bonds is 2. The van der Waals surface area contributed by atoms with Crippen molar-refractivity contribution in [2.45, 2.75) is 38.9 Å². The maximum atomic E-state index is 14.2. The number of hydrogen-bond acceptors (Lipinski definition) is 4. The fourth-order valence-corrected chi connectivity index (χ4v) is 1.76. The van der Waals surface area contributed by atoms with Gasteiger partial charge in [-0.3, -0.25) is 4.68 Å². The van der Waals surface area contributed by atoms with E-state index in [4.69, 9.17) is 9.31 Å². The van der Waals surface area contributed by atoms with Crippen molar-refractivity contribution in [3.05, 3.63) is 17.6 Å². The van der Waals surface area contributed by atoms with Gasteiger partial charge in [-0.1, -0.05) is 0 Å². The molecule has 0 spiro atoms. The maximum Gasteiger partial charge on any atom is 0.525 e. The second-order valence-corrected chi connectivity index (χ2v) is 5.66. The van der Waals surface area contributed by atoms with Gasteiger partial charge in [0, 0.05) is 7.05 Å². The molecule has 1 aromatic rings. The Bertz CT molecular complexity index is 490. The Hall–Kier alpha value is -1.34. The maximum absolute atomic E-state index is 14.2. The Morgan fingerprint density at radius 1 is 1.37 bits per heavy atom. The van der Waals surface area contributed by atoms with E-state index in [0.29, 0.717) is 0 Å². The van der Waals surface area contributed by atoms with Gasteiger partial charge >= 0.3 is 7.12 Å². The van der Waals surface area contributed by atoms with Gasteiger partial charge in [-0.25, -0.2) is 4.39 Å². The van der Waals surface area contributed by atoms with Crippen molar-refractivity contribution in [1.29, 1.82) is 0 Å². The molecule has 5 nitrogen and oxygen atoms in total. The molecular formula is C12H18BFN2O3. The van der Waals surface area contributed by atoms with E-state index in [1.807, 2.05) is 27.7 Å². The number of hydrogen-bond donors (Lipinski definition) is 1. The normalized spacial score (nSPS) is 22.0. The van der Waals surface area contributed by atoms with E-state index >= 15 is 0 Å². The highest BCUT2D eigenvalue weighted by molar-refractivity contribution is 6.54. The molecule has 104 valence electrons. The molecule has 1 saturated heterocycles. The summed E-state index contributed by atoms with van der Waals surface area (Å²) < 4.78 is 26.7. The van der Waals surface area contributed by atoms with Crippen molar-refractivity contribution in [3.63, 3.8) is 0 Å². The van der Waals surface area contributed by atoms with Crippen molar-refractivity contribution in [3.8, 4) is 5.75 Å². The number of nitrogens with zero attached hydrogens (tertiary/aromatic N) is 2. The van der Waals surface area contributed by atoms with Crippen molar-refractivity contribution >= 4 is 13.2 Å². The molecule has 1 N–H and O–H groups in total. The van der Waals surface area contributed by atoms with Gasteiger partial charge < -0.3 is 14.4 Å². The Labute approximate surface area is 112 Å². The molecule has 1 fully saturated rings. The highest BCUT2D eigenvalue weighted by Crippen LogP contribution is 2.39. The quantitative estimate of drug-likeness (QED) is 0.834. The van der Waals surface area contributed by atoms with Crippen LogP contribution >= 0.6 is 0 Å². The molecule has 0 aromatic carbocycles. The van der Waals surface area contributed by atoms with Gasteiger partial charge in [-0.2, -0.15) is 5.10 Å². The first-order chi connectivity index (χ1) is 8.64. The first-order valence-corrected chi connectivity index (χ1v) is 6.08. The topological polar surface area (TPSA) is 56.5 Å². The van der Waals surface area contributed by atoms with Crippen molar-refractivity contribution < 1.29 is 18.8 Å². The highest BCUT2D eigenvalue weighted by atomic mass is 19.1. The number of halogens is 1. The minimum atomic E-state index is -1.07. The Morgan fingerprint density at radius 3 is 2.32 bits per heavy atom. The van der Waals surface area contributed by atoms with Gasteiger partial charge in [-0.15, -0.1) is 0 Å². The van der Waals surface area contributed by atoms with Crippen LogP contribution in [0.3, 0.4) is 0 Å². The van der Waals surface area contributed by atoms with Crippen LogP contribution in [0.4, 0.5) is 4.39 Å². The molecule has 1 aliphatic rings. The van der Waals surface area contributed by atoms with Crippen LogP contribution in [0.1, 0.15) is 33.4 Å². The summed E-state index contributed by atoms with van der Waals surface area (Å²) in [6, 6.07) is 0. The van der Waals surface area contributed by atoms with Gasteiger partial charge in [0.05, 0.1) is 17.4 Å². The van der Waals surface area contributed by atoms with E-state index in [2.05, 4.69) is 5.10 Å². The third kappa shape index (κ3) is 2.40. The van der Waals surface area contributed by atoms with Crippen LogP contribution in [0.5, 0.6) is 5.75 Å². The zero-order valence-electron chi connectivity index (χ0n) is 11.8. The van der Waals surface area contributed by atoms with Crippen LogP contribution in [-0.4, -0.2) is 33.2 Å². The van der Waals surface area contributed by atoms with Crippen LogP contribution < -0.4 is 0 Å². The third-order valence-corrected chi connectivity index (χ3v) is 3.72. The van der Waals surface area contributed by atoms with E-state index in [0.717, 1.165) is 0 Å². The summed E-state index contributed by atoms with van der Waals surface area (Å²) in [6.45, 7) is 7.40. The molecule has 0 bridgehead atoms. The smallest absolute Gasteiger partial charge is 0.504 e. The van der Waals surface area contributed by atoms with Crippen molar-refractivity contribution in [2.24, 2.45) is 7.05 Å². The average Bonchev–Trinajstić information content (AvgIpc) is 2.69. The fourth-order valence-electron chi connectivity index (χ4n) is 1.76. The van der Waals surface area contributed by atoms with Crippen LogP contribution in [-0.2, 0) is 16.4 Å². The second-order valence-electron chi connectivity index (χ2n) is 5.66. The molecule has 1 aliphatic heterocycles. The largest absolute Gasteiger partial charge is 0.525 e. The molecular weight excluding hydrogens is 250 g/mol. The van der Waals surface area contributed by atoms with Crippen LogP contribution in [0, 0.1) is 0 Å². The molecule has 2 rings (SSSR count). The lowest BCUT2D eigenvalue weighted by atomic mass is 9.87. The van der Waals surface area contributed by atoms with Crippen LogP contribution in [0.2, 0.25) is 0 Å². The predicted molar refractivity (Wildman–Crippen MR) is 70.0 cm³/mol. The SMILES string of the molecule is Cn1ncc(O)c1C=C(F)B1OC(C)(C)C(C)(C)O1. The predicted octanol–water partition coefficient (Wildman–Crippen LogP) is 2.07. The summed E-state index contributed by atoms with van der Waals surface area (Å²) in [4.78, 5) is 0. The zero-order chi connectivity index (χ0) is 14.4. The van der Waals surface area contributed by atoms with Crippen molar-refractivity contribution in [1.82, 2.24) is 9.78 Å². The van der Waals surface area contributed by atoms with E-state index < -0.39 is 24.0 Å². The van der Waals surface area contributed by atoms with E-state index in [1.165, 1.54) is 17.0 Å². The molecule has 0 saturated carbocycles. The lowest BCUT2D eigenvalue weighted by Crippen LogP contribution is -2.41. The van der Waals surface area contributed by atoms with Gasteiger partial charge in [0.2, 0.25) is 0 Å². The lowest BCUT2D eigenvalue weighted by Gasteiger charge is -2.32. The number of aromatic hydroxyl groups is 1. The average molecular weight is 268 g/mol. The van der Waals surface area contributed by atoms with Gasteiger partial charge in [0.25, 0.3) is 0 Å². The molecule has 0 aliphatic carbocycles. The van der Waals surface area contributed by atoms with Crippen molar-refractivity contribution in [2.75, 3.05) is 0 Å². The Balaban J connectivity index is 2.25. The van der Waals surface area contributed by atoms with E-state index in [1.54, 1.807) is 7.05 Å². The molecule has 19 heavy (non-hydrogen) atoms. The minimum absolute atomic E-state index is 0.0887. The highest BCUT2D eigenvalue weighted by Gasteiger charge is 2.53. The van der Waals surface area contributed by atoms with E-state index in [9.17, 15) is 9.50 Å². The molecule has 0 unspecified atom stereocenters. The first-order valence-electron chi connectivity index (χ1n) is 6.08. The van der Waals surface area contributed by atoms with E-state index in [-0.39, 0.29) is 11.4 Å². The Morgan fingerprint density at radius 2 is 1.89 bits per heavy atom. The number of aryl methyl sites for hydroxylation is 1. The number of aromatic nitrogens is 2. The first kappa shape index (κ1) is 14.1. The molecule has 0 amide bonds. The van der Waals surface area contributed by atoms with Crippen LogP contribution in [0.25, 0.3) is 6.08 Å². The summed E-state index contributed by atoms with van der Waals surface area (Å²) >= 11 is 0. The summed E-state index contributed by atoms with van der Waals surface area (Å²) in [5.41, 5.74) is -1.53. The molecule has 2 heterocycles. The fraction of sp³-hybridized carbons (Fsp3) is 0.583. The molecule has 1 aromatic heterocycles.